The van der Waals surface area contributed by atoms with E-state index in [4.69, 9.17) is 9.84 Å². The normalized spacial score (nSPS) is 13.3. The van der Waals surface area contributed by atoms with E-state index in [2.05, 4.69) is 23.2 Å². The van der Waals surface area contributed by atoms with Gasteiger partial charge in [0, 0.05) is 16.9 Å². The minimum Gasteiger partial charge on any atom is -0.497 e. The van der Waals surface area contributed by atoms with Crippen LogP contribution in [0.2, 0.25) is 0 Å². The molecule has 0 radical (unpaired) electrons. The van der Waals surface area contributed by atoms with Crippen molar-refractivity contribution in [2.45, 2.75) is 5.16 Å². The first-order valence-electron chi connectivity index (χ1n) is 7.33. The van der Waals surface area contributed by atoms with E-state index in [1.165, 1.54) is 0 Å². The van der Waals surface area contributed by atoms with Crippen LogP contribution in [0, 0.1) is 0 Å². The zero-order chi connectivity index (χ0) is 15.6. The maximum absolute atomic E-state index is 5.30. The highest BCUT2D eigenvalue weighted by molar-refractivity contribution is 7.99. The Balaban J connectivity index is 1.71. The molecule has 0 amide bonds. The van der Waals surface area contributed by atoms with E-state index < -0.39 is 0 Å². The van der Waals surface area contributed by atoms with Crippen LogP contribution in [0.1, 0.15) is 5.56 Å². The van der Waals surface area contributed by atoms with Crippen molar-refractivity contribution >= 4 is 17.5 Å². The summed E-state index contributed by atoms with van der Waals surface area (Å²) in [4.78, 5) is 4.68. The van der Waals surface area contributed by atoms with Gasteiger partial charge < -0.3 is 4.74 Å². The molecular weight excluding hydrogens is 306 g/mol. The van der Waals surface area contributed by atoms with Crippen LogP contribution in [-0.2, 0) is 0 Å². The van der Waals surface area contributed by atoms with E-state index in [0.717, 1.165) is 39.2 Å². The van der Waals surface area contributed by atoms with Crippen molar-refractivity contribution < 1.29 is 4.74 Å². The molecule has 4 nitrogen and oxygen atoms in total. The molecule has 1 aromatic heterocycles. The van der Waals surface area contributed by atoms with Gasteiger partial charge in [-0.05, 0) is 12.1 Å². The van der Waals surface area contributed by atoms with Gasteiger partial charge in [0.05, 0.1) is 24.7 Å². The van der Waals surface area contributed by atoms with Crippen molar-refractivity contribution in [2.75, 3.05) is 12.9 Å². The molecule has 0 atom stereocenters. The van der Waals surface area contributed by atoms with Crippen LogP contribution >= 0.6 is 11.8 Å². The Morgan fingerprint density at radius 3 is 2.70 bits per heavy atom. The van der Waals surface area contributed by atoms with Gasteiger partial charge in [-0.1, -0.05) is 54.2 Å². The molecule has 0 unspecified atom stereocenters. The predicted molar refractivity (Wildman–Crippen MR) is 93.3 cm³/mol. The third kappa shape index (κ3) is 2.75. The number of benzene rings is 2. The second-order valence-corrected chi connectivity index (χ2v) is 6.13. The fourth-order valence-electron chi connectivity index (χ4n) is 2.51. The number of hydrogen-bond donors (Lipinski definition) is 0. The molecule has 0 fully saturated rings. The van der Waals surface area contributed by atoms with Crippen molar-refractivity contribution in [2.24, 2.45) is 5.10 Å². The van der Waals surface area contributed by atoms with Gasteiger partial charge in [0.15, 0.2) is 5.16 Å². The zero-order valence-electron chi connectivity index (χ0n) is 12.6. The number of nitrogens with zero attached hydrogens (tertiary/aromatic N) is 3. The SMILES string of the molecule is COc1cccc(C2=Nn3cc(-c4ccccc4)nc3SC2)c1. The lowest BCUT2D eigenvalue weighted by Crippen LogP contribution is -2.12. The Labute approximate surface area is 138 Å². The Hall–Kier alpha value is -2.53. The zero-order valence-corrected chi connectivity index (χ0v) is 13.5. The number of methoxy groups -OCH3 is 1. The van der Waals surface area contributed by atoms with Crippen LogP contribution in [0.15, 0.2) is 71.1 Å². The maximum atomic E-state index is 5.30. The fourth-order valence-corrected chi connectivity index (χ4v) is 3.39. The topological polar surface area (TPSA) is 39.4 Å². The molecule has 4 rings (SSSR count). The lowest BCUT2D eigenvalue weighted by atomic mass is 10.1. The first-order valence-corrected chi connectivity index (χ1v) is 8.32. The monoisotopic (exact) mass is 321 g/mol. The Morgan fingerprint density at radius 1 is 1.04 bits per heavy atom. The molecule has 23 heavy (non-hydrogen) atoms. The number of imidazole rings is 1. The van der Waals surface area contributed by atoms with Crippen LogP contribution in [0.4, 0.5) is 0 Å². The second-order valence-electron chi connectivity index (χ2n) is 5.19. The van der Waals surface area contributed by atoms with E-state index in [0.29, 0.717) is 0 Å². The van der Waals surface area contributed by atoms with Crippen LogP contribution < -0.4 is 4.74 Å². The predicted octanol–water partition coefficient (Wildman–Crippen LogP) is 3.92. The fraction of sp³-hybridized carbons (Fsp3) is 0.111. The van der Waals surface area contributed by atoms with Crippen LogP contribution in [0.3, 0.4) is 0 Å². The van der Waals surface area contributed by atoms with Gasteiger partial charge in [-0.2, -0.15) is 5.10 Å². The lowest BCUT2D eigenvalue weighted by Gasteiger charge is -2.13. The van der Waals surface area contributed by atoms with Gasteiger partial charge in [0.2, 0.25) is 0 Å². The van der Waals surface area contributed by atoms with Crippen LogP contribution in [0.5, 0.6) is 5.75 Å². The van der Waals surface area contributed by atoms with Gasteiger partial charge in [0.25, 0.3) is 0 Å². The van der Waals surface area contributed by atoms with Gasteiger partial charge in [-0.25, -0.2) is 9.66 Å². The van der Waals surface area contributed by atoms with Gasteiger partial charge >= 0.3 is 0 Å². The maximum Gasteiger partial charge on any atom is 0.189 e. The van der Waals surface area contributed by atoms with Crippen molar-refractivity contribution in [1.29, 1.82) is 0 Å². The average Bonchev–Trinajstić information content (AvgIpc) is 3.06. The Bertz CT molecular complexity index is 871. The van der Waals surface area contributed by atoms with E-state index in [1.54, 1.807) is 18.9 Å². The summed E-state index contributed by atoms with van der Waals surface area (Å²) in [6, 6.07) is 18.2. The highest BCUT2D eigenvalue weighted by atomic mass is 32.2. The molecule has 1 aliphatic heterocycles. The molecule has 0 bridgehead atoms. The smallest absolute Gasteiger partial charge is 0.189 e. The summed E-state index contributed by atoms with van der Waals surface area (Å²) in [5, 5.41) is 5.66. The highest BCUT2D eigenvalue weighted by Crippen LogP contribution is 2.28. The molecule has 5 heteroatoms. The molecule has 0 spiro atoms. The summed E-state index contributed by atoms with van der Waals surface area (Å²) >= 11 is 1.70. The summed E-state index contributed by atoms with van der Waals surface area (Å²) in [5.74, 6) is 1.65. The number of thioether (sulfide) groups is 1. The Morgan fingerprint density at radius 2 is 1.87 bits per heavy atom. The summed E-state index contributed by atoms with van der Waals surface area (Å²) in [6.45, 7) is 0. The molecule has 0 N–H and O–H groups in total. The largest absolute Gasteiger partial charge is 0.497 e. The molecule has 114 valence electrons. The molecule has 0 aliphatic carbocycles. The van der Waals surface area contributed by atoms with Gasteiger partial charge in [-0.3, -0.25) is 0 Å². The average molecular weight is 321 g/mol. The lowest BCUT2D eigenvalue weighted by molar-refractivity contribution is 0.414. The first kappa shape index (κ1) is 14.1. The van der Waals surface area contributed by atoms with Crippen molar-refractivity contribution in [3.05, 3.63) is 66.4 Å². The molecule has 1 aliphatic rings. The number of hydrogen-bond acceptors (Lipinski definition) is 4. The molecule has 2 heterocycles. The van der Waals surface area contributed by atoms with Crippen molar-refractivity contribution in [1.82, 2.24) is 9.66 Å². The Kier molecular flexibility index (Phi) is 3.63. The molecule has 3 aromatic rings. The summed E-state index contributed by atoms with van der Waals surface area (Å²) in [6.07, 6.45) is 1.98. The number of aromatic nitrogens is 2. The minimum atomic E-state index is 0.804. The van der Waals surface area contributed by atoms with Crippen molar-refractivity contribution in [3.8, 4) is 17.0 Å². The van der Waals surface area contributed by atoms with E-state index >= 15 is 0 Å². The molecule has 0 saturated heterocycles. The highest BCUT2D eigenvalue weighted by Gasteiger charge is 2.17. The minimum absolute atomic E-state index is 0.804. The third-order valence-corrected chi connectivity index (χ3v) is 4.65. The van der Waals surface area contributed by atoms with Crippen LogP contribution in [0.25, 0.3) is 11.3 Å². The van der Waals surface area contributed by atoms with E-state index in [-0.39, 0.29) is 0 Å². The summed E-state index contributed by atoms with van der Waals surface area (Å²) in [7, 11) is 1.68. The second kappa shape index (κ2) is 5.93. The van der Waals surface area contributed by atoms with Crippen molar-refractivity contribution in [3.63, 3.8) is 0 Å². The summed E-state index contributed by atoms with van der Waals surface area (Å²) < 4.78 is 7.16. The molecular formula is C18H15N3OS. The standard InChI is InChI=1S/C18H15N3OS/c1-22-15-9-5-8-14(10-15)17-12-23-18-19-16(11-21(18)20-17)13-6-3-2-4-7-13/h2-11H,12H2,1H3. The van der Waals surface area contributed by atoms with Gasteiger partial charge in [-0.15, -0.1) is 0 Å². The summed E-state index contributed by atoms with van der Waals surface area (Å²) in [5.41, 5.74) is 4.16. The first-order chi connectivity index (χ1) is 11.3. The third-order valence-electron chi connectivity index (χ3n) is 3.70. The molecule has 0 saturated carbocycles. The van der Waals surface area contributed by atoms with Gasteiger partial charge in [0.1, 0.15) is 5.75 Å². The number of ether oxygens (including phenoxy) is 1. The molecule has 2 aromatic carbocycles. The van der Waals surface area contributed by atoms with Crippen LogP contribution in [-0.4, -0.2) is 28.2 Å². The van der Waals surface area contributed by atoms with E-state index in [9.17, 15) is 0 Å². The number of rotatable bonds is 3. The number of fused-ring (bicyclic) bond motifs is 1. The van der Waals surface area contributed by atoms with E-state index in [1.807, 2.05) is 47.3 Å². The quantitative estimate of drug-likeness (QED) is 0.734.